The molecule has 0 unspecified atom stereocenters. The van der Waals surface area contributed by atoms with E-state index in [-0.39, 0.29) is 5.02 Å². The van der Waals surface area contributed by atoms with E-state index in [0.717, 1.165) is 12.3 Å². The van der Waals surface area contributed by atoms with E-state index < -0.39 is 11.7 Å². The van der Waals surface area contributed by atoms with Crippen molar-refractivity contribution < 1.29 is 13.2 Å². The molecule has 0 aliphatic carbocycles. The third-order valence-corrected chi connectivity index (χ3v) is 1.77. The Morgan fingerprint density at radius 2 is 2.08 bits per heavy atom. The van der Waals surface area contributed by atoms with E-state index in [2.05, 4.69) is 4.98 Å². The number of halogens is 4. The van der Waals surface area contributed by atoms with Gasteiger partial charge >= 0.3 is 6.18 Å². The molecule has 1 nitrogen and oxygen atoms in total. The number of alkyl halides is 3. The quantitative estimate of drug-likeness (QED) is 0.690. The summed E-state index contributed by atoms with van der Waals surface area (Å²) in [5, 5.41) is 0.0114. The molecule has 0 bridgehead atoms. The topological polar surface area (TPSA) is 12.9 Å². The Kier molecular flexibility index (Phi) is 2.81. The fourth-order valence-corrected chi connectivity index (χ4v) is 1.09. The van der Waals surface area contributed by atoms with Gasteiger partial charge in [0.1, 0.15) is 0 Å². The van der Waals surface area contributed by atoms with E-state index in [1.807, 2.05) is 0 Å². The molecule has 0 atom stereocenters. The Bertz CT molecular complexity index is 309. The van der Waals surface area contributed by atoms with Crippen LogP contribution in [0.15, 0.2) is 12.3 Å². The zero-order chi connectivity index (χ0) is 10.1. The van der Waals surface area contributed by atoms with Crippen LogP contribution in [0.1, 0.15) is 18.2 Å². The lowest BCUT2D eigenvalue weighted by atomic mass is 10.2. The zero-order valence-corrected chi connectivity index (χ0v) is 7.45. The van der Waals surface area contributed by atoms with Crippen LogP contribution < -0.4 is 0 Å². The summed E-state index contributed by atoms with van der Waals surface area (Å²) in [6.45, 7) is 1.65. The lowest BCUT2D eigenvalue weighted by Crippen LogP contribution is -2.06. The average Bonchev–Trinajstić information content (AvgIpc) is 2.02. The molecule has 1 radical (unpaired) electrons. The van der Waals surface area contributed by atoms with Crippen LogP contribution >= 0.6 is 11.6 Å². The summed E-state index contributed by atoms with van der Waals surface area (Å²) in [4.78, 5) is 3.56. The largest absolute Gasteiger partial charge is 0.417 e. The van der Waals surface area contributed by atoms with Crippen LogP contribution in [0.3, 0.4) is 0 Å². The molecule has 1 rings (SSSR count). The van der Waals surface area contributed by atoms with E-state index in [4.69, 9.17) is 11.6 Å². The van der Waals surface area contributed by atoms with Gasteiger partial charge in [0, 0.05) is 12.6 Å². The summed E-state index contributed by atoms with van der Waals surface area (Å²) in [5.74, 6) is 0. The van der Waals surface area contributed by atoms with Crippen LogP contribution in [0.25, 0.3) is 0 Å². The number of hydrogen-bond donors (Lipinski definition) is 0. The van der Waals surface area contributed by atoms with Crippen molar-refractivity contribution >= 4 is 11.6 Å². The predicted molar refractivity (Wildman–Crippen MR) is 43.3 cm³/mol. The summed E-state index contributed by atoms with van der Waals surface area (Å²) < 4.78 is 36.3. The highest BCUT2D eigenvalue weighted by atomic mass is 35.5. The molecule has 0 aliphatic heterocycles. The average molecular weight is 209 g/mol. The molecule has 0 amide bonds. The van der Waals surface area contributed by atoms with Gasteiger partial charge in [0.05, 0.1) is 16.3 Å². The molecule has 0 aliphatic rings. The van der Waals surface area contributed by atoms with Crippen LogP contribution in [0.2, 0.25) is 5.02 Å². The van der Waals surface area contributed by atoms with Gasteiger partial charge in [0.2, 0.25) is 0 Å². The summed E-state index contributed by atoms with van der Waals surface area (Å²) in [5.41, 5.74) is -0.474. The molecule has 1 aromatic heterocycles. The monoisotopic (exact) mass is 208 g/mol. The highest BCUT2D eigenvalue weighted by Gasteiger charge is 2.31. The Morgan fingerprint density at radius 3 is 2.46 bits per heavy atom. The van der Waals surface area contributed by atoms with Crippen molar-refractivity contribution in [1.29, 1.82) is 0 Å². The minimum absolute atomic E-state index is 0.0114. The number of pyridine rings is 1. The first-order valence-corrected chi connectivity index (χ1v) is 3.85. The molecule has 0 spiro atoms. The molecule has 0 saturated heterocycles. The zero-order valence-electron chi connectivity index (χ0n) is 6.69. The second-order valence-electron chi connectivity index (χ2n) is 2.38. The summed E-state index contributed by atoms with van der Waals surface area (Å²) >= 11 is 5.54. The van der Waals surface area contributed by atoms with E-state index >= 15 is 0 Å². The number of rotatable bonds is 1. The fraction of sp³-hybridized carbons (Fsp3) is 0.250. The van der Waals surface area contributed by atoms with Crippen molar-refractivity contribution in [2.45, 2.75) is 13.1 Å². The number of hydrogen-bond acceptors (Lipinski definition) is 1. The Labute approximate surface area is 78.5 Å². The van der Waals surface area contributed by atoms with E-state index in [1.54, 1.807) is 13.3 Å². The molecule has 71 valence electrons. The Balaban J connectivity index is 3.10. The SMILES string of the molecule is C[CH]c1ncc(C(F)(F)F)cc1Cl. The van der Waals surface area contributed by atoms with Crippen LogP contribution in [0, 0.1) is 6.42 Å². The molecule has 1 aromatic rings. The van der Waals surface area contributed by atoms with E-state index in [9.17, 15) is 13.2 Å². The molecule has 13 heavy (non-hydrogen) atoms. The highest BCUT2D eigenvalue weighted by molar-refractivity contribution is 6.31. The standard InChI is InChI=1S/C8H6ClF3N/c1-2-7-6(9)3-5(4-13-7)8(10,11)12/h2-4H,1H3. The summed E-state index contributed by atoms with van der Waals surface area (Å²) in [6, 6.07) is 0.865. The first-order chi connectivity index (χ1) is 5.95. The van der Waals surface area contributed by atoms with Gasteiger partial charge in [-0.15, -0.1) is 0 Å². The second-order valence-corrected chi connectivity index (χ2v) is 2.78. The first-order valence-electron chi connectivity index (χ1n) is 3.47. The smallest absolute Gasteiger partial charge is 0.259 e. The molecular weight excluding hydrogens is 203 g/mol. The van der Waals surface area contributed by atoms with Crippen molar-refractivity contribution in [2.75, 3.05) is 0 Å². The summed E-state index contributed by atoms with van der Waals surface area (Å²) in [6.07, 6.45) is -2.08. The molecule has 0 saturated carbocycles. The van der Waals surface area contributed by atoms with Gasteiger partial charge in [0.15, 0.2) is 0 Å². The van der Waals surface area contributed by atoms with Crippen LogP contribution in [0.4, 0.5) is 13.2 Å². The third kappa shape index (κ3) is 2.34. The van der Waals surface area contributed by atoms with Gasteiger partial charge in [-0.25, -0.2) is 0 Å². The lowest BCUT2D eigenvalue weighted by Gasteiger charge is -2.07. The van der Waals surface area contributed by atoms with Gasteiger partial charge in [-0.1, -0.05) is 18.5 Å². The third-order valence-electron chi connectivity index (χ3n) is 1.47. The molecule has 0 fully saturated rings. The highest BCUT2D eigenvalue weighted by Crippen LogP contribution is 2.31. The van der Waals surface area contributed by atoms with E-state index in [1.165, 1.54) is 0 Å². The minimum Gasteiger partial charge on any atom is -0.259 e. The van der Waals surface area contributed by atoms with Gasteiger partial charge in [-0.3, -0.25) is 4.98 Å². The molecule has 0 aromatic carbocycles. The predicted octanol–water partition coefficient (Wildman–Crippen LogP) is 3.33. The Hall–Kier alpha value is -0.770. The second kappa shape index (κ2) is 3.54. The number of aromatic nitrogens is 1. The van der Waals surface area contributed by atoms with Crippen molar-refractivity contribution in [3.05, 3.63) is 35.0 Å². The number of nitrogens with zero attached hydrogens (tertiary/aromatic N) is 1. The normalized spacial score (nSPS) is 11.8. The van der Waals surface area contributed by atoms with Crippen LogP contribution in [-0.4, -0.2) is 4.98 Å². The lowest BCUT2D eigenvalue weighted by molar-refractivity contribution is -0.137. The summed E-state index contributed by atoms with van der Waals surface area (Å²) in [7, 11) is 0. The first kappa shape index (κ1) is 10.3. The minimum atomic E-state index is -4.39. The molecule has 0 N–H and O–H groups in total. The van der Waals surface area contributed by atoms with Gasteiger partial charge < -0.3 is 0 Å². The molecule has 5 heteroatoms. The molecule has 1 heterocycles. The van der Waals surface area contributed by atoms with Crippen molar-refractivity contribution in [1.82, 2.24) is 4.98 Å². The van der Waals surface area contributed by atoms with Crippen molar-refractivity contribution in [3.63, 3.8) is 0 Å². The maximum atomic E-state index is 12.1. The maximum absolute atomic E-state index is 12.1. The maximum Gasteiger partial charge on any atom is 0.417 e. The van der Waals surface area contributed by atoms with Gasteiger partial charge in [0.25, 0.3) is 0 Å². The van der Waals surface area contributed by atoms with Crippen molar-refractivity contribution in [3.8, 4) is 0 Å². The van der Waals surface area contributed by atoms with Crippen LogP contribution in [0.5, 0.6) is 0 Å². The van der Waals surface area contributed by atoms with Crippen molar-refractivity contribution in [2.24, 2.45) is 0 Å². The van der Waals surface area contributed by atoms with Crippen LogP contribution in [-0.2, 0) is 6.18 Å². The van der Waals surface area contributed by atoms with E-state index in [0.29, 0.717) is 5.69 Å². The Morgan fingerprint density at radius 1 is 1.46 bits per heavy atom. The fourth-order valence-electron chi connectivity index (χ4n) is 0.816. The molecular formula is C8H6ClF3N. The van der Waals surface area contributed by atoms with Gasteiger partial charge in [-0.2, -0.15) is 13.2 Å². The van der Waals surface area contributed by atoms with Gasteiger partial charge in [-0.05, 0) is 6.07 Å².